The number of hydrogen-bond donors (Lipinski definition) is 1. The van der Waals surface area contributed by atoms with Crippen LogP contribution in [0.5, 0.6) is 0 Å². The number of aliphatic carboxylic acids is 1. The molecule has 0 aromatic carbocycles. The van der Waals surface area contributed by atoms with Gasteiger partial charge in [-0.15, -0.1) is 0 Å². The summed E-state index contributed by atoms with van der Waals surface area (Å²) in [6.07, 6.45) is -1.92. The predicted octanol–water partition coefficient (Wildman–Crippen LogP) is 2.17. The van der Waals surface area contributed by atoms with Gasteiger partial charge in [-0.25, -0.2) is 9.97 Å². The third-order valence-electron chi connectivity index (χ3n) is 2.41. The van der Waals surface area contributed by atoms with Crippen molar-refractivity contribution in [3.8, 4) is 5.95 Å². The Labute approximate surface area is 121 Å². The number of halogens is 3. The summed E-state index contributed by atoms with van der Waals surface area (Å²) in [7, 11) is 0. The number of carbonyl (C=O) groups is 1. The van der Waals surface area contributed by atoms with E-state index in [0.29, 0.717) is 0 Å². The van der Waals surface area contributed by atoms with Gasteiger partial charge in [-0.2, -0.15) is 23.0 Å². The predicted molar refractivity (Wildman–Crippen MR) is 67.3 cm³/mol. The van der Waals surface area contributed by atoms with Gasteiger partial charge < -0.3 is 5.11 Å². The summed E-state index contributed by atoms with van der Waals surface area (Å²) in [6.45, 7) is 1.24. The molecule has 2 rings (SSSR count). The number of thioether (sulfide) groups is 1. The highest BCUT2D eigenvalue weighted by molar-refractivity contribution is 7.99. The fourth-order valence-corrected chi connectivity index (χ4v) is 2.40. The summed E-state index contributed by atoms with van der Waals surface area (Å²) in [5.74, 6) is -1.59. The van der Waals surface area contributed by atoms with Gasteiger partial charge in [0, 0.05) is 18.0 Å². The van der Waals surface area contributed by atoms with Crippen LogP contribution in [0.2, 0.25) is 0 Å². The molecule has 2 aromatic heterocycles. The van der Waals surface area contributed by atoms with Crippen molar-refractivity contribution in [2.24, 2.45) is 0 Å². The highest BCUT2D eigenvalue weighted by atomic mass is 32.2. The molecule has 6 nitrogen and oxygen atoms in total. The summed E-state index contributed by atoms with van der Waals surface area (Å²) >= 11 is 0.734. The van der Waals surface area contributed by atoms with Gasteiger partial charge in [0.15, 0.2) is 5.69 Å². The van der Waals surface area contributed by atoms with Crippen LogP contribution in [0.1, 0.15) is 11.3 Å². The van der Waals surface area contributed by atoms with Gasteiger partial charge in [-0.05, 0) is 13.0 Å². The molecule has 112 valence electrons. The SMILES string of the molecule is Cc1c(C(F)(F)F)nn(-c2ncccn2)c1SCC(=O)O. The molecule has 0 amide bonds. The van der Waals surface area contributed by atoms with Crippen LogP contribution in [0.25, 0.3) is 5.95 Å². The fraction of sp³-hybridized carbons (Fsp3) is 0.273. The molecule has 0 bridgehead atoms. The highest BCUT2D eigenvalue weighted by Crippen LogP contribution is 2.36. The zero-order valence-corrected chi connectivity index (χ0v) is 11.4. The van der Waals surface area contributed by atoms with Crippen molar-refractivity contribution in [2.45, 2.75) is 18.1 Å². The first-order valence-electron chi connectivity index (χ1n) is 5.59. The van der Waals surface area contributed by atoms with Gasteiger partial charge in [0.2, 0.25) is 0 Å². The zero-order chi connectivity index (χ0) is 15.6. The Bertz CT molecular complexity index is 657. The van der Waals surface area contributed by atoms with Crippen LogP contribution >= 0.6 is 11.8 Å². The van der Waals surface area contributed by atoms with E-state index in [1.54, 1.807) is 0 Å². The molecule has 0 saturated carbocycles. The summed E-state index contributed by atoms with van der Waals surface area (Å²) < 4.78 is 39.7. The Kier molecular flexibility index (Phi) is 4.16. The Hall–Kier alpha value is -2.10. The second kappa shape index (κ2) is 5.72. The topological polar surface area (TPSA) is 80.9 Å². The largest absolute Gasteiger partial charge is 0.481 e. The third-order valence-corrected chi connectivity index (χ3v) is 3.55. The zero-order valence-electron chi connectivity index (χ0n) is 10.6. The van der Waals surface area contributed by atoms with Crippen molar-refractivity contribution in [1.29, 1.82) is 0 Å². The van der Waals surface area contributed by atoms with Crippen LogP contribution in [0.4, 0.5) is 13.2 Å². The molecule has 0 saturated heterocycles. The van der Waals surface area contributed by atoms with E-state index >= 15 is 0 Å². The number of carboxylic acid groups (broad SMARTS) is 1. The summed E-state index contributed by atoms with van der Waals surface area (Å²) in [5.41, 5.74) is -1.23. The first-order valence-corrected chi connectivity index (χ1v) is 6.58. The Morgan fingerprint density at radius 3 is 2.52 bits per heavy atom. The average molecular weight is 318 g/mol. The molecule has 0 aliphatic rings. The Morgan fingerprint density at radius 2 is 2.00 bits per heavy atom. The van der Waals surface area contributed by atoms with Crippen molar-refractivity contribution in [3.63, 3.8) is 0 Å². The van der Waals surface area contributed by atoms with E-state index in [9.17, 15) is 18.0 Å². The minimum absolute atomic E-state index is 0.0518. The molecule has 1 N–H and O–H groups in total. The molecule has 0 spiro atoms. The smallest absolute Gasteiger partial charge is 0.435 e. The molecular formula is C11H9F3N4O2S. The van der Waals surface area contributed by atoms with Crippen molar-refractivity contribution in [2.75, 3.05) is 5.75 Å². The van der Waals surface area contributed by atoms with Gasteiger partial charge in [-0.3, -0.25) is 4.79 Å². The molecule has 21 heavy (non-hydrogen) atoms. The van der Waals surface area contributed by atoms with E-state index < -0.39 is 23.6 Å². The third kappa shape index (κ3) is 3.32. The fourth-order valence-electron chi connectivity index (χ4n) is 1.59. The monoisotopic (exact) mass is 318 g/mol. The molecule has 0 aliphatic heterocycles. The van der Waals surface area contributed by atoms with Crippen LogP contribution in [0.15, 0.2) is 23.5 Å². The quantitative estimate of drug-likeness (QED) is 0.870. The van der Waals surface area contributed by atoms with E-state index in [-0.39, 0.29) is 16.5 Å². The van der Waals surface area contributed by atoms with Crippen molar-refractivity contribution < 1.29 is 23.1 Å². The van der Waals surface area contributed by atoms with Crippen molar-refractivity contribution in [3.05, 3.63) is 29.7 Å². The summed E-state index contributed by atoms with van der Waals surface area (Å²) in [4.78, 5) is 18.3. The van der Waals surface area contributed by atoms with Crippen LogP contribution in [0.3, 0.4) is 0 Å². The molecular weight excluding hydrogens is 309 g/mol. The number of aromatic nitrogens is 4. The maximum absolute atomic E-state index is 12.9. The lowest BCUT2D eigenvalue weighted by Gasteiger charge is -2.04. The molecule has 0 aliphatic carbocycles. The molecule has 2 heterocycles. The molecule has 2 aromatic rings. The molecule has 10 heteroatoms. The number of hydrogen-bond acceptors (Lipinski definition) is 5. The lowest BCUT2D eigenvalue weighted by Crippen LogP contribution is -2.09. The number of carboxylic acids is 1. The lowest BCUT2D eigenvalue weighted by molar-refractivity contribution is -0.141. The highest BCUT2D eigenvalue weighted by Gasteiger charge is 2.38. The Morgan fingerprint density at radius 1 is 1.38 bits per heavy atom. The molecule has 0 fully saturated rings. The minimum Gasteiger partial charge on any atom is -0.481 e. The van der Waals surface area contributed by atoms with Gasteiger partial charge >= 0.3 is 12.1 Å². The van der Waals surface area contributed by atoms with E-state index in [0.717, 1.165) is 16.4 Å². The standard InChI is InChI=1S/C11H9F3N4O2S/c1-6-8(11(12,13)14)17-18(9(6)21-5-7(19)20)10-15-3-2-4-16-10/h2-4H,5H2,1H3,(H,19,20). The minimum atomic E-state index is -4.64. The van der Waals surface area contributed by atoms with Gasteiger partial charge in [0.05, 0.1) is 5.75 Å². The number of rotatable bonds is 4. The average Bonchev–Trinajstić information content (AvgIpc) is 2.74. The maximum Gasteiger partial charge on any atom is 0.435 e. The molecule has 0 unspecified atom stereocenters. The van der Waals surface area contributed by atoms with E-state index in [4.69, 9.17) is 5.11 Å². The second-order valence-electron chi connectivity index (χ2n) is 3.92. The molecule has 0 radical (unpaired) electrons. The maximum atomic E-state index is 12.9. The molecule has 0 atom stereocenters. The summed E-state index contributed by atoms with van der Waals surface area (Å²) in [5, 5.41) is 12.2. The van der Waals surface area contributed by atoms with Crippen molar-refractivity contribution >= 4 is 17.7 Å². The van der Waals surface area contributed by atoms with E-state index in [2.05, 4.69) is 15.1 Å². The van der Waals surface area contributed by atoms with Crippen LogP contribution in [-0.4, -0.2) is 36.6 Å². The first kappa shape index (κ1) is 15.3. The van der Waals surface area contributed by atoms with Gasteiger partial charge in [0.25, 0.3) is 5.95 Å². The van der Waals surface area contributed by atoms with Gasteiger partial charge in [0.1, 0.15) is 5.03 Å². The van der Waals surface area contributed by atoms with E-state index in [1.165, 1.54) is 25.4 Å². The number of alkyl halides is 3. The van der Waals surface area contributed by atoms with Crippen LogP contribution in [-0.2, 0) is 11.0 Å². The van der Waals surface area contributed by atoms with Crippen LogP contribution < -0.4 is 0 Å². The lowest BCUT2D eigenvalue weighted by atomic mass is 10.3. The summed E-state index contributed by atoms with van der Waals surface area (Å²) in [6, 6.07) is 1.51. The van der Waals surface area contributed by atoms with Crippen molar-refractivity contribution in [1.82, 2.24) is 19.7 Å². The van der Waals surface area contributed by atoms with Crippen LogP contribution in [0, 0.1) is 6.92 Å². The Balaban J connectivity index is 2.54. The van der Waals surface area contributed by atoms with Gasteiger partial charge in [-0.1, -0.05) is 11.8 Å². The first-order chi connectivity index (χ1) is 9.80. The number of nitrogens with zero attached hydrogens (tertiary/aromatic N) is 4. The normalized spacial score (nSPS) is 11.6. The second-order valence-corrected chi connectivity index (χ2v) is 4.88. The van der Waals surface area contributed by atoms with E-state index in [1.807, 2.05) is 0 Å².